The Bertz CT molecular complexity index is 1120. The van der Waals surface area contributed by atoms with Crippen LogP contribution in [0.1, 0.15) is 44.3 Å². The summed E-state index contributed by atoms with van der Waals surface area (Å²) in [7, 11) is 0. The quantitative estimate of drug-likeness (QED) is 0.512. The normalized spacial score (nSPS) is 23.8. The molecule has 3 aliphatic rings. The highest BCUT2D eigenvalue weighted by Gasteiger charge is 2.36. The van der Waals surface area contributed by atoms with Gasteiger partial charge >= 0.3 is 6.18 Å². The third-order valence-electron chi connectivity index (χ3n) is 7.31. The van der Waals surface area contributed by atoms with E-state index < -0.39 is 18.9 Å². The van der Waals surface area contributed by atoms with E-state index in [4.69, 9.17) is 4.74 Å². The van der Waals surface area contributed by atoms with E-state index in [1.54, 1.807) is 17.3 Å². The Hall–Kier alpha value is -3.44. The predicted molar refractivity (Wildman–Crippen MR) is 130 cm³/mol. The van der Waals surface area contributed by atoms with Crippen LogP contribution in [0.25, 0.3) is 0 Å². The molecule has 2 saturated heterocycles. The fraction of sp³-hybridized carbons (Fsp3) is 0.577. The molecule has 0 bridgehead atoms. The summed E-state index contributed by atoms with van der Waals surface area (Å²) in [6.45, 7) is 0.760. The average Bonchev–Trinajstić information content (AvgIpc) is 3.66. The summed E-state index contributed by atoms with van der Waals surface area (Å²) in [6, 6.07) is 2.68. The maximum Gasteiger partial charge on any atom is 0.422 e. The number of alkyl halides is 3. The number of ether oxygens (including phenoxy) is 2. The second kappa shape index (κ2) is 11.1. The Balaban J connectivity index is 1.10. The van der Waals surface area contributed by atoms with Crippen LogP contribution in [-0.2, 0) is 16.0 Å². The molecule has 38 heavy (non-hydrogen) atoms. The van der Waals surface area contributed by atoms with Gasteiger partial charge in [0.1, 0.15) is 11.6 Å². The van der Waals surface area contributed by atoms with Gasteiger partial charge in [0.15, 0.2) is 12.7 Å². The number of amides is 2. The number of nitrogens with zero attached hydrogens (tertiary/aromatic N) is 5. The van der Waals surface area contributed by atoms with E-state index >= 15 is 0 Å². The zero-order valence-corrected chi connectivity index (χ0v) is 20.9. The number of hydrogen-bond donors (Lipinski definition) is 0. The molecule has 2 unspecified atom stereocenters. The SMILES string of the molecule is O=C(C1CCC(Cc2ncc(N3CC[C@@H](Oc4ccc(OCC(F)(F)F)nc4)C3=O)cn2)C1)N1CCCC1. The topological polar surface area (TPSA) is 97.8 Å². The van der Waals surface area contributed by atoms with Gasteiger partial charge in [-0.1, -0.05) is 0 Å². The highest BCUT2D eigenvalue weighted by Crippen LogP contribution is 2.35. The molecule has 5 rings (SSSR count). The minimum atomic E-state index is -4.45. The number of rotatable bonds is 8. The molecule has 3 atom stereocenters. The first-order valence-corrected chi connectivity index (χ1v) is 13.0. The van der Waals surface area contributed by atoms with E-state index in [2.05, 4.69) is 19.7 Å². The number of anilines is 1. The number of pyridine rings is 1. The number of carbonyl (C=O) groups excluding carboxylic acids is 2. The van der Waals surface area contributed by atoms with Crippen LogP contribution in [0.3, 0.4) is 0 Å². The molecular weight excluding hydrogens is 503 g/mol. The monoisotopic (exact) mass is 533 g/mol. The van der Waals surface area contributed by atoms with Crippen molar-refractivity contribution >= 4 is 17.5 Å². The van der Waals surface area contributed by atoms with Crippen molar-refractivity contribution in [1.29, 1.82) is 0 Å². The molecule has 204 valence electrons. The van der Waals surface area contributed by atoms with Crippen LogP contribution in [0.15, 0.2) is 30.7 Å². The van der Waals surface area contributed by atoms with Crippen LogP contribution in [0, 0.1) is 11.8 Å². The van der Waals surface area contributed by atoms with Gasteiger partial charge in [0.25, 0.3) is 5.91 Å². The second-order valence-corrected chi connectivity index (χ2v) is 10.1. The van der Waals surface area contributed by atoms with Crippen molar-refractivity contribution in [2.45, 2.75) is 57.2 Å². The molecule has 0 radical (unpaired) electrons. The van der Waals surface area contributed by atoms with E-state index in [1.807, 2.05) is 4.90 Å². The van der Waals surface area contributed by atoms with Crippen molar-refractivity contribution in [2.24, 2.45) is 11.8 Å². The number of likely N-dealkylation sites (tertiary alicyclic amines) is 1. The first-order chi connectivity index (χ1) is 18.2. The third-order valence-corrected chi connectivity index (χ3v) is 7.31. The van der Waals surface area contributed by atoms with Gasteiger partial charge in [-0.15, -0.1) is 0 Å². The maximum atomic E-state index is 12.9. The zero-order valence-electron chi connectivity index (χ0n) is 20.9. The van der Waals surface area contributed by atoms with Crippen molar-refractivity contribution < 1.29 is 32.2 Å². The molecule has 2 aliphatic heterocycles. The number of hydrogen-bond acceptors (Lipinski definition) is 7. The molecule has 2 amide bonds. The van der Waals surface area contributed by atoms with Gasteiger partial charge in [-0.3, -0.25) is 9.59 Å². The second-order valence-electron chi connectivity index (χ2n) is 10.1. The average molecular weight is 534 g/mol. The molecule has 2 aromatic rings. The molecule has 4 heterocycles. The number of aromatic nitrogens is 3. The first kappa shape index (κ1) is 26.2. The fourth-order valence-corrected chi connectivity index (χ4v) is 5.39. The molecule has 9 nitrogen and oxygen atoms in total. The van der Waals surface area contributed by atoms with Crippen LogP contribution in [0.5, 0.6) is 11.6 Å². The van der Waals surface area contributed by atoms with E-state index in [0.29, 0.717) is 42.7 Å². The molecular formula is C26H30F3N5O4. The Morgan fingerprint density at radius 1 is 1.00 bits per heavy atom. The summed E-state index contributed by atoms with van der Waals surface area (Å²) in [4.78, 5) is 41.9. The lowest BCUT2D eigenvalue weighted by molar-refractivity contribution is -0.154. The summed E-state index contributed by atoms with van der Waals surface area (Å²) >= 11 is 0. The number of halogens is 3. The lowest BCUT2D eigenvalue weighted by Gasteiger charge is -2.20. The van der Waals surface area contributed by atoms with E-state index in [0.717, 1.165) is 45.2 Å². The highest BCUT2D eigenvalue weighted by atomic mass is 19.4. The minimum absolute atomic E-state index is 0.107. The van der Waals surface area contributed by atoms with Crippen LogP contribution in [0.4, 0.5) is 18.9 Å². The predicted octanol–water partition coefficient (Wildman–Crippen LogP) is 3.58. The molecule has 3 fully saturated rings. The van der Waals surface area contributed by atoms with Gasteiger partial charge in [0, 0.05) is 44.5 Å². The van der Waals surface area contributed by atoms with Crippen LogP contribution in [-0.4, -0.2) is 70.2 Å². The summed E-state index contributed by atoms with van der Waals surface area (Å²) < 4.78 is 47.1. The smallest absolute Gasteiger partial charge is 0.422 e. The van der Waals surface area contributed by atoms with Crippen molar-refractivity contribution in [1.82, 2.24) is 19.9 Å². The Kier molecular flexibility index (Phi) is 7.66. The Labute approximate surface area is 218 Å². The largest absolute Gasteiger partial charge is 0.479 e. The Morgan fingerprint density at radius 3 is 2.45 bits per heavy atom. The molecule has 0 aromatic carbocycles. The van der Waals surface area contributed by atoms with Gasteiger partial charge in [0.2, 0.25) is 11.8 Å². The van der Waals surface area contributed by atoms with E-state index in [-0.39, 0.29) is 23.5 Å². The van der Waals surface area contributed by atoms with E-state index in [1.165, 1.54) is 18.3 Å². The molecule has 1 saturated carbocycles. The summed E-state index contributed by atoms with van der Waals surface area (Å²) in [5.74, 6) is 1.31. The lowest BCUT2D eigenvalue weighted by Crippen LogP contribution is -2.32. The van der Waals surface area contributed by atoms with Gasteiger partial charge in [0.05, 0.1) is 24.3 Å². The molecule has 12 heteroatoms. The summed E-state index contributed by atoms with van der Waals surface area (Å²) in [5, 5.41) is 0. The molecule has 0 N–H and O–H groups in total. The van der Waals surface area contributed by atoms with Crippen LogP contribution >= 0.6 is 0 Å². The first-order valence-electron chi connectivity index (χ1n) is 13.0. The summed E-state index contributed by atoms with van der Waals surface area (Å²) in [6.07, 6.45) is 5.42. The van der Waals surface area contributed by atoms with Crippen LogP contribution < -0.4 is 14.4 Å². The third kappa shape index (κ3) is 6.33. The maximum absolute atomic E-state index is 12.9. The molecule has 0 spiro atoms. The van der Waals surface area contributed by atoms with Crippen molar-refractivity contribution in [3.8, 4) is 11.6 Å². The lowest BCUT2D eigenvalue weighted by atomic mass is 10.0. The van der Waals surface area contributed by atoms with Gasteiger partial charge in [-0.25, -0.2) is 15.0 Å². The van der Waals surface area contributed by atoms with Crippen molar-refractivity contribution in [2.75, 3.05) is 31.1 Å². The zero-order chi connectivity index (χ0) is 26.7. The standard InChI is InChI=1S/C26H30F3N5O4/c27-26(28,29)16-37-23-6-5-20(15-32-23)38-21-7-10-34(25(21)36)19-13-30-22(31-14-19)12-17-3-4-18(11-17)24(35)33-8-1-2-9-33/h5-6,13-15,17-18,21H,1-4,7-12,16H2/t17?,18?,21-/m1/s1. The van der Waals surface area contributed by atoms with Gasteiger partial charge in [-0.05, 0) is 44.1 Å². The van der Waals surface area contributed by atoms with Gasteiger partial charge in [-0.2, -0.15) is 13.2 Å². The minimum Gasteiger partial charge on any atom is -0.479 e. The fourth-order valence-electron chi connectivity index (χ4n) is 5.39. The Morgan fingerprint density at radius 2 is 1.76 bits per heavy atom. The molecule has 2 aromatic heterocycles. The molecule has 1 aliphatic carbocycles. The van der Waals surface area contributed by atoms with Crippen LogP contribution in [0.2, 0.25) is 0 Å². The van der Waals surface area contributed by atoms with Crippen molar-refractivity contribution in [3.63, 3.8) is 0 Å². The summed E-state index contributed by atoms with van der Waals surface area (Å²) in [5.41, 5.74) is 0.576. The van der Waals surface area contributed by atoms with Crippen molar-refractivity contribution in [3.05, 3.63) is 36.5 Å². The number of carbonyl (C=O) groups is 2. The van der Waals surface area contributed by atoms with Gasteiger partial charge < -0.3 is 19.3 Å². The highest BCUT2D eigenvalue weighted by molar-refractivity contribution is 5.98. The van der Waals surface area contributed by atoms with E-state index in [9.17, 15) is 22.8 Å².